The van der Waals surface area contributed by atoms with Gasteiger partial charge in [0.05, 0.1) is 6.10 Å². The zero-order valence-corrected chi connectivity index (χ0v) is 10.7. The summed E-state index contributed by atoms with van der Waals surface area (Å²) in [7, 11) is 0. The van der Waals surface area contributed by atoms with Crippen molar-refractivity contribution in [3.8, 4) is 0 Å². The molecule has 88 valence electrons. The summed E-state index contributed by atoms with van der Waals surface area (Å²) in [5.74, 6) is 0.493. The van der Waals surface area contributed by atoms with Crippen molar-refractivity contribution in [3.63, 3.8) is 0 Å². The lowest BCUT2D eigenvalue weighted by atomic mass is 9.96. The smallest absolute Gasteiger partial charge is 0.0614 e. The lowest BCUT2D eigenvalue weighted by Crippen LogP contribution is -2.17. The zero-order valence-electron chi connectivity index (χ0n) is 10.7. The Hall–Kier alpha value is -0.820. The molecule has 0 amide bonds. The minimum atomic E-state index is -0.171. The van der Waals surface area contributed by atoms with Crippen molar-refractivity contribution in [1.29, 1.82) is 0 Å². The van der Waals surface area contributed by atoms with Gasteiger partial charge in [-0.15, -0.1) is 0 Å². The molecule has 1 aromatic rings. The fourth-order valence-corrected chi connectivity index (χ4v) is 2.55. The first-order chi connectivity index (χ1) is 7.40. The Labute approximate surface area is 98.5 Å². The van der Waals surface area contributed by atoms with E-state index in [0.29, 0.717) is 11.3 Å². The van der Waals surface area contributed by atoms with Gasteiger partial charge in [-0.25, -0.2) is 0 Å². The van der Waals surface area contributed by atoms with E-state index in [4.69, 9.17) is 0 Å². The summed E-state index contributed by atoms with van der Waals surface area (Å²) in [5, 5.41) is 10.2. The van der Waals surface area contributed by atoms with E-state index in [9.17, 15) is 5.11 Å². The molecule has 1 aliphatic rings. The lowest BCUT2D eigenvalue weighted by Gasteiger charge is -2.14. The molecule has 0 heterocycles. The van der Waals surface area contributed by atoms with Gasteiger partial charge in [-0.1, -0.05) is 37.6 Å². The van der Waals surface area contributed by atoms with Crippen LogP contribution in [0.25, 0.3) is 0 Å². The molecule has 2 unspecified atom stereocenters. The van der Waals surface area contributed by atoms with Crippen LogP contribution >= 0.6 is 0 Å². The second-order valence-corrected chi connectivity index (χ2v) is 6.00. The van der Waals surface area contributed by atoms with Crippen LogP contribution in [-0.2, 0) is 6.42 Å². The molecule has 2 atom stereocenters. The third-order valence-corrected chi connectivity index (χ3v) is 3.99. The predicted molar refractivity (Wildman–Crippen MR) is 67.5 cm³/mol. The molecule has 0 aliphatic heterocycles. The maximum absolute atomic E-state index is 10.2. The summed E-state index contributed by atoms with van der Waals surface area (Å²) >= 11 is 0. The van der Waals surface area contributed by atoms with Crippen LogP contribution in [0.3, 0.4) is 0 Å². The summed E-state index contributed by atoms with van der Waals surface area (Å²) in [5.41, 5.74) is 4.23. The van der Waals surface area contributed by atoms with Crippen LogP contribution < -0.4 is 0 Å². The molecule has 0 bridgehead atoms. The third-order valence-electron chi connectivity index (χ3n) is 3.99. The van der Waals surface area contributed by atoms with Crippen LogP contribution in [0.5, 0.6) is 0 Å². The molecule has 1 N–H and O–H groups in total. The summed E-state index contributed by atoms with van der Waals surface area (Å²) in [6.45, 7) is 8.71. The minimum absolute atomic E-state index is 0.171. The van der Waals surface area contributed by atoms with Crippen molar-refractivity contribution in [2.45, 2.75) is 46.6 Å². The maximum atomic E-state index is 10.2. The Morgan fingerprint density at radius 3 is 2.56 bits per heavy atom. The van der Waals surface area contributed by atoms with Gasteiger partial charge < -0.3 is 5.11 Å². The molecule has 16 heavy (non-hydrogen) atoms. The number of rotatable bonds is 3. The van der Waals surface area contributed by atoms with Crippen molar-refractivity contribution >= 4 is 0 Å². The minimum Gasteiger partial charge on any atom is -0.392 e. The van der Waals surface area contributed by atoms with Gasteiger partial charge in [-0.2, -0.15) is 0 Å². The predicted octanol–water partition coefficient (Wildman–Crippen LogP) is 3.25. The summed E-state index contributed by atoms with van der Waals surface area (Å²) in [4.78, 5) is 0. The van der Waals surface area contributed by atoms with E-state index in [1.54, 1.807) is 0 Å². The highest BCUT2D eigenvalue weighted by Crippen LogP contribution is 2.54. The molecule has 0 spiro atoms. The van der Waals surface area contributed by atoms with Crippen LogP contribution in [0, 0.1) is 25.2 Å². The van der Waals surface area contributed by atoms with Crippen molar-refractivity contribution in [1.82, 2.24) is 0 Å². The van der Waals surface area contributed by atoms with Crippen molar-refractivity contribution in [2.75, 3.05) is 0 Å². The molecule has 1 heteroatoms. The first kappa shape index (κ1) is 11.7. The molecular weight excluding hydrogens is 196 g/mol. The van der Waals surface area contributed by atoms with Gasteiger partial charge in [0.15, 0.2) is 0 Å². The number of hydrogen-bond acceptors (Lipinski definition) is 1. The highest BCUT2D eigenvalue weighted by molar-refractivity contribution is 5.31. The van der Waals surface area contributed by atoms with Crippen LogP contribution in [0.1, 0.15) is 37.0 Å². The van der Waals surface area contributed by atoms with Crippen LogP contribution in [0.4, 0.5) is 0 Å². The third kappa shape index (κ3) is 2.30. The van der Waals surface area contributed by atoms with Gasteiger partial charge in [0, 0.05) is 0 Å². The largest absolute Gasteiger partial charge is 0.392 e. The first-order valence-corrected chi connectivity index (χ1v) is 6.14. The second kappa shape index (κ2) is 3.89. The normalized spacial score (nSPS) is 24.2. The number of hydrogen-bond donors (Lipinski definition) is 1. The molecule has 1 fully saturated rings. The van der Waals surface area contributed by atoms with E-state index in [1.165, 1.54) is 23.1 Å². The molecule has 1 aromatic carbocycles. The molecule has 2 rings (SSSR count). The van der Waals surface area contributed by atoms with Gasteiger partial charge in [0.1, 0.15) is 0 Å². The fraction of sp³-hybridized carbons (Fsp3) is 0.600. The summed E-state index contributed by atoms with van der Waals surface area (Å²) in [6.07, 6.45) is 1.80. The second-order valence-electron chi connectivity index (χ2n) is 6.00. The SMILES string of the molecule is Cc1ccc(C)c(CC(O)C2CC2(C)C)c1. The molecule has 1 nitrogen and oxygen atoms in total. The molecule has 1 aliphatic carbocycles. The van der Waals surface area contributed by atoms with Gasteiger partial charge in [0.2, 0.25) is 0 Å². The van der Waals surface area contributed by atoms with E-state index in [-0.39, 0.29) is 6.10 Å². The molecule has 0 radical (unpaired) electrons. The van der Waals surface area contributed by atoms with Gasteiger partial charge in [-0.3, -0.25) is 0 Å². The summed E-state index contributed by atoms with van der Waals surface area (Å²) < 4.78 is 0. The van der Waals surface area contributed by atoms with Crippen molar-refractivity contribution < 1.29 is 5.11 Å². The van der Waals surface area contributed by atoms with Crippen LogP contribution in [0.15, 0.2) is 18.2 Å². The average molecular weight is 218 g/mol. The maximum Gasteiger partial charge on any atom is 0.0614 e. The Kier molecular flexibility index (Phi) is 2.83. The monoisotopic (exact) mass is 218 g/mol. The summed E-state index contributed by atoms with van der Waals surface area (Å²) in [6, 6.07) is 6.48. The van der Waals surface area contributed by atoms with E-state index in [0.717, 1.165) is 6.42 Å². The van der Waals surface area contributed by atoms with Crippen molar-refractivity contribution in [2.24, 2.45) is 11.3 Å². The number of aliphatic hydroxyl groups excluding tert-OH is 1. The number of benzene rings is 1. The topological polar surface area (TPSA) is 20.2 Å². The van der Waals surface area contributed by atoms with E-state index in [2.05, 4.69) is 45.9 Å². The molecule has 1 saturated carbocycles. The van der Waals surface area contributed by atoms with E-state index in [1.807, 2.05) is 0 Å². The van der Waals surface area contributed by atoms with Gasteiger partial charge >= 0.3 is 0 Å². The zero-order chi connectivity index (χ0) is 11.9. The Balaban J connectivity index is 2.06. The molecular formula is C15H22O. The van der Waals surface area contributed by atoms with Crippen LogP contribution in [-0.4, -0.2) is 11.2 Å². The highest BCUT2D eigenvalue weighted by atomic mass is 16.3. The molecule has 0 saturated heterocycles. The Bertz CT molecular complexity index is 392. The number of aliphatic hydroxyl groups is 1. The van der Waals surface area contributed by atoms with E-state index >= 15 is 0 Å². The molecule has 0 aromatic heterocycles. The van der Waals surface area contributed by atoms with Crippen LogP contribution in [0.2, 0.25) is 0 Å². The van der Waals surface area contributed by atoms with E-state index < -0.39 is 0 Å². The quantitative estimate of drug-likeness (QED) is 0.825. The first-order valence-electron chi connectivity index (χ1n) is 6.14. The average Bonchev–Trinajstić information content (AvgIpc) is 2.82. The van der Waals surface area contributed by atoms with Gasteiger partial charge in [0.25, 0.3) is 0 Å². The lowest BCUT2D eigenvalue weighted by molar-refractivity contribution is 0.136. The van der Waals surface area contributed by atoms with Crippen molar-refractivity contribution in [3.05, 3.63) is 34.9 Å². The standard InChI is InChI=1S/C15H22O/c1-10-5-6-11(2)12(7-10)8-14(16)13-9-15(13,3)4/h5-7,13-14,16H,8-9H2,1-4H3. The highest BCUT2D eigenvalue weighted by Gasteiger charge is 2.49. The Morgan fingerprint density at radius 1 is 1.38 bits per heavy atom. The fourth-order valence-electron chi connectivity index (χ4n) is 2.55. The number of aryl methyl sites for hydroxylation is 2. The Morgan fingerprint density at radius 2 is 2.00 bits per heavy atom. The van der Waals surface area contributed by atoms with Gasteiger partial charge in [-0.05, 0) is 49.1 Å².